The van der Waals surface area contributed by atoms with Crippen LogP contribution in [0.1, 0.15) is 37.8 Å². The number of aliphatic imine (C=N–C) groups is 1. The van der Waals surface area contributed by atoms with Gasteiger partial charge in [0.1, 0.15) is 5.82 Å². The third kappa shape index (κ3) is 5.96. The van der Waals surface area contributed by atoms with Crippen LogP contribution in [0.15, 0.2) is 42.0 Å². The molecule has 10 heteroatoms. The molecule has 1 amide bonds. The van der Waals surface area contributed by atoms with Crippen LogP contribution in [0.5, 0.6) is 0 Å². The zero-order valence-corrected chi connectivity index (χ0v) is 21.8. The van der Waals surface area contributed by atoms with E-state index in [0.29, 0.717) is 18.5 Å². The second kappa shape index (κ2) is 11.7. The molecule has 180 valence electrons. The summed E-state index contributed by atoms with van der Waals surface area (Å²) in [6, 6.07) is 4.46. The molecule has 0 aliphatic carbocycles. The van der Waals surface area contributed by atoms with Gasteiger partial charge >= 0.3 is 0 Å². The Labute approximate surface area is 212 Å². The fourth-order valence-corrected chi connectivity index (χ4v) is 4.83. The number of nitrogens with two attached hydrogens (primary N) is 1. The number of hydrogen-bond donors (Lipinski definition) is 2. The van der Waals surface area contributed by atoms with Gasteiger partial charge in [0.2, 0.25) is 5.91 Å². The molecule has 33 heavy (non-hydrogen) atoms. The summed E-state index contributed by atoms with van der Waals surface area (Å²) in [5.74, 6) is 2.25. The number of piperidine rings is 2. The number of pyridine rings is 1. The average Bonchev–Trinajstić information content (AvgIpc) is 3.35. The van der Waals surface area contributed by atoms with Gasteiger partial charge in [0.05, 0.1) is 12.4 Å². The standard InChI is InChI=1S/C23H34N8O.HI/c1-17-5-10-30(15-20(17)31-13-9-26-16-31)23(25-2)28-14-19-4-3-8-27-22(19)29-11-6-18(7-12-29)21(24)32;/h3-4,8-9,13,16-18,20H,5-7,10-12,14-15H2,1-2H3,(H2,24,32)(H,25,28);1H. The Morgan fingerprint density at radius 3 is 2.70 bits per heavy atom. The Morgan fingerprint density at radius 1 is 1.24 bits per heavy atom. The number of halogens is 1. The van der Waals surface area contributed by atoms with Crippen molar-refractivity contribution in [1.82, 2.24) is 24.8 Å². The number of carbonyl (C=O) groups is 1. The van der Waals surface area contributed by atoms with E-state index in [2.05, 4.69) is 47.6 Å². The molecule has 0 radical (unpaired) electrons. The van der Waals surface area contributed by atoms with Gasteiger partial charge in [-0.3, -0.25) is 9.79 Å². The summed E-state index contributed by atoms with van der Waals surface area (Å²) in [5.41, 5.74) is 6.62. The molecular weight excluding hydrogens is 531 g/mol. The van der Waals surface area contributed by atoms with Gasteiger partial charge in [-0.05, 0) is 31.2 Å². The van der Waals surface area contributed by atoms with E-state index in [1.54, 1.807) is 0 Å². The van der Waals surface area contributed by atoms with Gasteiger partial charge in [-0.1, -0.05) is 13.0 Å². The number of hydrogen-bond acceptors (Lipinski definition) is 5. The van der Waals surface area contributed by atoms with Crippen LogP contribution in [0.4, 0.5) is 5.82 Å². The van der Waals surface area contributed by atoms with Crippen LogP contribution in [0.3, 0.4) is 0 Å². The first-order chi connectivity index (χ1) is 15.6. The van der Waals surface area contributed by atoms with Crippen molar-refractivity contribution in [3.05, 3.63) is 42.6 Å². The minimum absolute atomic E-state index is 0. The smallest absolute Gasteiger partial charge is 0.220 e. The van der Waals surface area contributed by atoms with Crippen molar-refractivity contribution >= 4 is 41.7 Å². The molecule has 2 aromatic rings. The number of guanidine groups is 1. The maximum absolute atomic E-state index is 11.5. The maximum atomic E-state index is 11.5. The van der Waals surface area contributed by atoms with E-state index in [1.807, 2.05) is 38.0 Å². The van der Waals surface area contributed by atoms with Crippen LogP contribution in [0.25, 0.3) is 0 Å². The fraction of sp³-hybridized carbons (Fsp3) is 0.565. The van der Waals surface area contributed by atoms with Gasteiger partial charge in [-0.2, -0.15) is 0 Å². The number of likely N-dealkylation sites (tertiary alicyclic amines) is 1. The summed E-state index contributed by atoms with van der Waals surface area (Å²) < 4.78 is 2.21. The number of amides is 1. The zero-order valence-electron chi connectivity index (χ0n) is 19.4. The van der Waals surface area contributed by atoms with Crippen molar-refractivity contribution in [2.75, 3.05) is 38.1 Å². The largest absolute Gasteiger partial charge is 0.369 e. The predicted octanol–water partition coefficient (Wildman–Crippen LogP) is 2.26. The summed E-state index contributed by atoms with van der Waals surface area (Å²) >= 11 is 0. The monoisotopic (exact) mass is 566 g/mol. The lowest BCUT2D eigenvalue weighted by molar-refractivity contribution is -0.122. The van der Waals surface area contributed by atoms with Crippen LogP contribution in [0, 0.1) is 11.8 Å². The quantitative estimate of drug-likeness (QED) is 0.327. The molecule has 0 aromatic carbocycles. The van der Waals surface area contributed by atoms with Gasteiger partial charge in [0.25, 0.3) is 0 Å². The van der Waals surface area contributed by atoms with Crippen LogP contribution < -0.4 is 16.0 Å². The van der Waals surface area contributed by atoms with Crippen molar-refractivity contribution in [3.8, 4) is 0 Å². The van der Waals surface area contributed by atoms with Crippen LogP contribution >= 0.6 is 24.0 Å². The predicted molar refractivity (Wildman–Crippen MR) is 141 cm³/mol. The Hall–Kier alpha value is -2.37. The van der Waals surface area contributed by atoms with Crippen LogP contribution in [-0.4, -0.2) is 64.5 Å². The van der Waals surface area contributed by atoms with Crippen LogP contribution in [-0.2, 0) is 11.3 Å². The van der Waals surface area contributed by atoms with Crippen molar-refractivity contribution in [3.63, 3.8) is 0 Å². The molecule has 2 aliphatic rings. The van der Waals surface area contributed by atoms with E-state index >= 15 is 0 Å². The van der Waals surface area contributed by atoms with Crippen molar-refractivity contribution in [2.24, 2.45) is 22.6 Å². The lowest BCUT2D eigenvalue weighted by Crippen LogP contribution is -2.48. The first kappa shape index (κ1) is 25.3. The van der Waals surface area contributed by atoms with Gasteiger partial charge < -0.3 is 25.4 Å². The maximum Gasteiger partial charge on any atom is 0.220 e. The zero-order chi connectivity index (χ0) is 22.5. The molecule has 2 unspecified atom stereocenters. The summed E-state index contributed by atoms with van der Waals surface area (Å²) in [4.78, 5) is 29.5. The number of nitrogens with zero attached hydrogens (tertiary/aromatic N) is 6. The normalized spacial score (nSPS) is 22.1. The fourth-order valence-electron chi connectivity index (χ4n) is 4.83. The Kier molecular flexibility index (Phi) is 8.93. The molecule has 0 saturated carbocycles. The summed E-state index contributed by atoms with van der Waals surface area (Å²) in [7, 11) is 1.84. The SMILES string of the molecule is CN=C(NCc1cccnc1N1CCC(C(N)=O)CC1)N1CCC(C)C(n2ccnc2)C1.I. The molecule has 2 fully saturated rings. The third-order valence-electron chi connectivity index (χ3n) is 6.84. The molecule has 9 nitrogen and oxygen atoms in total. The third-order valence-corrected chi connectivity index (χ3v) is 6.84. The Morgan fingerprint density at radius 2 is 2.03 bits per heavy atom. The second-order valence-electron chi connectivity index (χ2n) is 8.84. The van der Waals surface area contributed by atoms with E-state index in [0.717, 1.165) is 62.8 Å². The highest BCUT2D eigenvalue weighted by Gasteiger charge is 2.29. The van der Waals surface area contributed by atoms with E-state index < -0.39 is 0 Å². The second-order valence-corrected chi connectivity index (χ2v) is 8.84. The molecule has 3 N–H and O–H groups in total. The highest BCUT2D eigenvalue weighted by molar-refractivity contribution is 14.0. The molecule has 4 rings (SSSR count). The van der Waals surface area contributed by atoms with Gasteiger partial charge in [0.15, 0.2) is 5.96 Å². The minimum Gasteiger partial charge on any atom is -0.369 e. The number of aromatic nitrogens is 3. The number of rotatable bonds is 5. The van der Waals surface area contributed by atoms with E-state index in [9.17, 15) is 4.79 Å². The highest BCUT2D eigenvalue weighted by Crippen LogP contribution is 2.28. The first-order valence-corrected chi connectivity index (χ1v) is 11.5. The Balaban J connectivity index is 0.00000306. The van der Waals surface area contributed by atoms with E-state index in [1.165, 1.54) is 0 Å². The number of imidazole rings is 1. The number of carbonyl (C=O) groups excluding carboxylic acids is 1. The summed E-state index contributed by atoms with van der Waals surface area (Å²) in [5, 5.41) is 3.55. The number of nitrogens with one attached hydrogen (secondary N) is 1. The summed E-state index contributed by atoms with van der Waals surface area (Å²) in [6.45, 7) is 6.42. The molecule has 0 bridgehead atoms. The number of primary amides is 1. The van der Waals surface area contributed by atoms with E-state index in [4.69, 9.17) is 5.73 Å². The summed E-state index contributed by atoms with van der Waals surface area (Å²) in [6.07, 6.45) is 10.3. The molecule has 2 atom stereocenters. The first-order valence-electron chi connectivity index (χ1n) is 11.5. The van der Waals surface area contributed by atoms with Crippen LogP contribution in [0.2, 0.25) is 0 Å². The van der Waals surface area contributed by atoms with Gasteiger partial charge in [0, 0.05) is 69.8 Å². The lowest BCUT2D eigenvalue weighted by Gasteiger charge is -2.39. The molecule has 0 spiro atoms. The molecule has 4 heterocycles. The van der Waals surface area contributed by atoms with Gasteiger partial charge in [-0.15, -0.1) is 24.0 Å². The van der Waals surface area contributed by atoms with Crippen molar-refractivity contribution in [2.45, 2.75) is 38.8 Å². The highest BCUT2D eigenvalue weighted by atomic mass is 127. The molecule has 2 aliphatic heterocycles. The average molecular weight is 566 g/mol. The minimum atomic E-state index is -0.193. The topological polar surface area (TPSA) is 105 Å². The molecule has 2 aromatic heterocycles. The lowest BCUT2D eigenvalue weighted by atomic mass is 9.93. The van der Waals surface area contributed by atoms with Crippen molar-refractivity contribution < 1.29 is 4.79 Å². The molecule has 2 saturated heterocycles. The van der Waals surface area contributed by atoms with E-state index in [-0.39, 0.29) is 35.8 Å². The van der Waals surface area contributed by atoms with Crippen molar-refractivity contribution in [1.29, 1.82) is 0 Å². The molecular formula is C23H35IN8O. The Bertz CT molecular complexity index is 926. The number of anilines is 1. The van der Waals surface area contributed by atoms with Gasteiger partial charge in [-0.25, -0.2) is 9.97 Å².